The van der Waals surface area contributed by atoms with E-state index >= 15 is 0 Å². The average molecular weight is 567 g/mol. The van der Waals surface area contributed by atoms with Crippen LogP contribution >= 0.6 is 0 Å². The molecule has 1 aliphatic carbocycles. The van der Waals surface area contributed by atoms with Crippen molar-refractivity contribution >= 4 is 30.8 Å². The van der Waals surface area contributed by atoms with Crippen molar-refractivity contribution in [2.45, 2.75) is 85.3 Å². The first-order chi connectivity index (χ1) is 18.9. The predicted octanol–water partition coefficient (Wildman–Crippen LogP) is 5.67. The minimum atomic E-state index is -1.16. The van der Waals surface area contributed by atoms with E-state index in [1.807, 2.05) is 24.7 Å². The van der Waals surface area contributed by atoms with E-state index in [1.165, 1.54) is 11.3 Å². The highest BCUT2D eigenvalue weighted by Crippen LogP contribution is 2.39. The minimum absolute atomic E-state index is 0.0605. The predicted molar refractivity (Wildman–Crippen MR) is 161 cm³/mol. The highest BCUT2D eigenvalue weighted by Gasteiger charge is 2.33. The van der Waals surface area contributed by atoms with Crippen LogP contribution in [0, 0.1) is 17.3 Å². The van der Waals surface area contributed by atoms with Crippen molar-refractivity contribution in [1.82, 2.24) is 24.7 Å². The summed E-state index contributed by atoms with van der Waals surface area (Å²) in [6.07, 6.45) is 6.64. The first kappa shape index (κ1) is 28.9. The Morgan fingerprint density at radius 2 is 2.05 bits per heavy atom. The molecule has 1 atom stereocenters. The van der Waals surface area contributed by atoms with E-state index in [2.05, 4.69) is 43.5 Å². The van der Waals surface area contributed by atoms with Gasteiger partial charge >= 0.3 is 0 Å². The first-order valence-electron chi connectivity index (χ1n) is 14.8. The second-order valence-electron chi connectivity index (χ2n) is 13.7. The maximum atomic E-state index is 13.3. The van der Waals surface area contributed by atoms with Gasteiger partial charge in [0.15, 0.2) is 11.5 Å². The lowest BCUT2D eigenvalue weighted by atomic mass is 9.76. The van der Waals surface area contributed by atoms with E-state index in [0.29, 0.717) is 18.3 Å². The van der Waals surface area contributed by atoms with Gasteiger partial charge in [-0.25, -0.2) is 14.6 Å². The van der Waals surface area contributed by atoms with Gasteiger partial charge in [0.1, 0.15) is 12.4 Å². The molecule has 218 valence electrons. The number of imidazole rings is 1. The van der Waals surface area contributed by atoms with Gasteiger partial charge < -0.3 is 19.4 Å². The third-order valence-electron chi connectivity index (χ3n) is 8.70. The van der Waals surface area contributed by atoms with Gasteiger partial charge in [0, 0.05) is 52.1 Å². The first-order valence-corrected chi connectivity index (χ1v) is 18.5. The Bertz CT molecular complexity index is 1350. The number of hydrogen-bond donors (Lipinski definition) is 1. The maximum Gasteiger partial charge on any atom is 0.229 e. The van der Waals surface area contributed by atoms with Gasteiger partial charge in [-0.2, -0.15) is 5.10 Å². The molecule has 0 aromatic carbocycles. The monoisotopic (exact) mass is 566 g/mol. The largest absolute Gasteiger partial charge is 0.381 e. The number of hydrogen-bond acceptors (Lipinski definition) is 6. The molecule has 4 heterocycles. The summed E-state index contributed by atoms with van der Waals surface area (Å²) in [7, 11) is 0.678. The van der Waals surface area contributed by atoms with Gasteiger partial charge in [-0.15, -0.1) is 0 Å². The molecule has 1 N–H and O–H groups in total. The summed E-state index contributed by atoms with van der Waals surface area (Å²) in [6.45, 7) is 16.5. The molecule has 0 spiro atoms. The molecule has 1 aliphatic heterocycles. The van der Waals surface area contributed by atoms with Gasteiger partial charge in [-0.05, 0) is 55.5 Å². The number of aromatic nitrogens is 5. The molecule has 0 radical (unpaired) electrons. The summed E-state index contributed by atoms with van der Waals surface area (Å²) in [5, 5.41) is 5.02. The normalized spacial score (nSPS) is 18.6. The van der Waals surface area contributed by atoms with Crippen molar-refractivity contribution in [3.63, 3.8) is 0 Å². The van der Waals surface area contributed by atoms with E-state index in [9.17, 15) is 4.79 Å². The highest BCUT2D eigenvalue weighted by molar-refractivity contribution is 6.76. The van der Waals surface area contributed by atoms with Gasteiger partial charge in [-0.3, -0.25) is 4.79 Å². The zero-order chi connectivity index (χ0) is 28.7. The molecule has 0 unspecified atom stereocenters. The fourth-order valence-corrected chi connectivity index (χ4v) is 6.62. The van der Waals surface area contributed by atoms with Crippen LogP contribution in [0.25, 0.3) is 22.7 Å². The lowest BCUT2D eigenvalue weighted by molar-refractivity contribution is -0.124. The number of ether oxygens (including phenoxy) is 2. The lowest BCUT2D eigenvalue weighted by Gasteiger charge is -2.30. The van der Waals surface area contributed by atoms with Crippen molar-refractivity contribution < 1.29 is 14.3 Å². The Kier molecular flexibility index (Phi) is 8.23. The van der Waals surface area contributed by atoms with Crippen LogP contribution in [-0.4, -0.2) is 65.6 Å². The van der Waals surface area contributed by atoms with Crippen LogP contribution in [0.15, 0.2) is 12.3 Å². The topological polar surface area (TPSA) is 98.2 Å². The van der Waals surface area contributed by atoms with Gasteiger partial charge in [0.2, 0.25) is 5.91 Å². The molecule has 0 saturated carbocycles. The molecule has 10 heteroatoms. The molecular weight excluding hydrogens is 520 g/mol. The number of aromatic amines is 1. The summed E-state index contributed by atoms with van der Waals surface area (Å²) >= 11 is 0. The van der Waals surface area contributed by atoms with Gasteiger partial charge in [-0.1, -0.05) is 40.4 Å². The standard InChI is InChI=1S/C30H46N6O3Si/c1-20(21-9-12-38-13-10-21)29(37)35(4)22-16-24-27(31-18-22)33-28(32-24)26-23-8-11-30(2,3)17-25(23)36(34-26)19-39-14-15-40(5,6)7/h16,18,20-21H,8-15,17,19H2,1-7H3,(H,31,32,33)/t20-/m1/s1. The van der Waals surface area contributed by atoms with Crippen LogP contribution in [0.3, 0.4) is 0 Å². The zero-order valence-electron chi connectivity index (χ0n) is 25.3. The van der Waals surface area contributed by atoms with E-state index < -0.39 is 8.07 Å². The molecule has 2 aliphatic rings. The number of carbonyl (C=O) groups excluding carboxylic acids is 1. The fourth-order valence-electron chi connectivity index (χ4n) is 5.86. The number of carbonyl (C=O) groups is 1. The average Bonchev–Trinajstić information content (AvgIpc) is 3.49. The molecule has 0 bridgehead atoms. The smallest absolute Gasteiger partial charge is 0.229 e. The zero-order valence-corrected chi connectivity index (χ0v) is 26.3. The van der Waals surface area contributed by atoms with E-state index in [0.717, 1.165) is 80.7 Å². The molecule has 1 amide bonds. The number of fused-ring (bicyclic) bond motifs is 2. The number of nitrogens with zero attached hydrogens (tertiary/aromatic N) is 5. The van der Waals surface area contributed by atoms with Crippen molar-refractivity contribution in [2.75, 3.05) is 31.8 Å². The van der Waals surface area contributed by atoms with Crippen LogP contribution in [0.2, 0.25) is 25.7 Å². The van der Waals surface area contributed by atoms with Crippen LogP contribution in [0.1, 0.15) is 51.3 Å². The minimum Gasteiger partial charge on any atom is -0.381 e. The van der Waals surface area contributed by atoms with E-state index in [1.54, 1.807) is 11.1 Å². The number of anilines is 1. The van der Waals surface area contributed by atoms with Crippen LogP contribution in [0.5, 0.6) is 0 Å². The number of rotatable bonds is 9. The summed E-state index contributed by atoms with van der Waals surface area (Å²) in [5.41, 5.74) is 5.81. The molecular formula is C30H46N6O3Si. The Hall–Kier alpha value is -2.56. The lowest BCUT2D eigenvalue weighted by Crippen LogP contribution is -2.37. The molecule has 1 fully saturated rings. The summed E-state index contributed by atoms with van der Waals surface area (Å²) < 4.78 is 13.6. The highest BCUT2D eigenvalue weighted by atomic mass is 28.3. The van der Waals surface area contributed by atoms with Crippen LogP contribution < -0.4 is 4.90 Å². The molecule has 40 heavy (non-hydrogen) atoms. The third-order valence-corrected chi connectivity index (χ3v) is 10.4. The Labute approximate surface area is 239 Å². The number of nitrogens with one attached hydrogen (secondary N) is 1. The van der Waals surface area contributed by atoms with Crippen molar-refractivity contribution in [3.8, 4) is 11.5 Å². The molecule has 3 aromatic rings. The SMILES string of the molecule is C[C@@H](C(=O)N(C)c1cnc2nc(-c3nn(COCC[Si](C)(C)C)c4c3CCC(C)(C)C4)[nH]c2c1)C1CCOCC1. The van der Waals surface area contributed by atoms with Gasteiger partial charge in [0.05, 0.1) is 17.4 Å². The summed E-state index contributed by atoms with van der Waals surface area (Å²) in [6, 6.07) is 3.11. The Morgan fingerprint density at radius 1 is 1.30 bits per heavy atom. The number of pyridine rings is 1. The van der Waals surface area contributed by atoms with Gasteiger partial charge in [0.25, 0.3) is 0 Å². The Morgan fingerprint density at radius 3 is 2.77 bits per heavy atom. The molecule has 1 saturated heterocycles. The Balaban J connectivity index is 1.38. The van der Waals surface area contributed by atoms with E-state index in [-0.39, 0.29) is 17.2 Å². The number of amides is 1. The molecule has 3 aromatic heterocycles. The maximum absolute atomic E-state index is 13.3. The van der Waals surface area contributed by atoms with Crippen molar-refractivity contribution in [1.29, 1.82) is 0 Å². The van der Waals surface area contributed by atoms with Crippen LogP contribution in [0.4, 0.5) is 5.69 Å². The second kappa shape index (κ2) is 11.4. The molecule has 9 nitrogen and oxygen atoms in total. The van der Waals surface area contributed by atoms with E-state index in [4.69, 9.17) is 19.6 Å². The second-order valence-corrected chi connectivity index (χ2v) is 19.4. The van der Waals surface area contributed by atoms with Crippen molar-refractivity contribution in [3.05, 3.63) is 23.5 Å². The summed E-state index contributed by atoms with van der Waals surface area (Å²) in [5.74, 6) is 1.12. The molecule has 5 rings (SSSR count). The third kappa shape index (κ3) is 6.34. The van der Waals surface area contributed by atoms with Crippen molar-refractivity contribution in [2.24, 2.45) is 17.3 Å². The number of H-pyrrole nitrogens is 1. The fraction of sp³-hybridized carbons (Fsp3) is 0.667. The quantitative estimate of drug-likeness (QED) is 0.265. The summed E-state index contributed by atoms with van der Waals surface area (Å²) in [4.78, 5) is 27.9. The van der Waals surface area contributed by atoms with Crippen LogP contribution in [-0.2, 0) is 33.8 Å².